The van der Waals surface area contributed by atoms with E-state index in [1.807, 2.05) is 18.2 Å². The van der Waals surface area contributed by atoms with Crippen LogP contribution in [0.1, 0.15) is 23.5 Å². The number of carbonyl (C=O) groups is 1. The van der Waals surface area contributed by atoms with Gasteiger partial charge in [-0.05, 0) is 24.0 Å². The van der Waals surface area contributed by atoms with Gasteiger partial charge in [0.25, 0.3) is 5.91 Å². The van der Waals surface area contributed by atoms with Crippen LogP contribution in [0.5, 0.6) is 0 Å². The van der Waals surface area contributed by atoms with Crippen LogP contribution in [0.25, 0.3) is 0 Å². The van der Waals surface area contributed by atoms with Crippen molar-refractivity contribution in [2.45, 2.75) is 18.8 Å². The Bertz CT molecular complexity index is 376. The standard InChI is InChI=1S/C12H15NO2/c1-13(15-2)12(14)11-8-7-9-5-3-4-6-10(9)11/h3-6,11H,7-8H2,1-2H3. The molecule has 0 heterocycles. The van der Waals surface area contributed by atoms with Gasteiger partial charge >= 0.3 is 0 Å². The minimum atomic E-state index is -0.0221. The Morgan fingerprint density at radius 1 is 1.47 bits per heavy atom. The molecule has 0 radical (unpaired) electrons. The largest absolute Gasteiger partial charge is 0.275 e. The molecule has 3 heteroatoms. The van der Waals surface area contributed by atoms with Crippen LogP contribution < -0.4 is 0 Å². The van der Waals surface area contributed by atoms with Crippen LogP contribution in [0, 0.1) is 0 Å². The van der Waals surface area contributed by atoms with Crippen molar-refractivity contribution in [2.24, 2.45) is 0 Å². The van der Waals surface area contributed by atoms with E-state index in [0.717, 1.165) is 18.4 Å². The molecule has 1 aromatic carbocycles. The van der Waals surface area contributed by atoms with Crippen molar-refractivity contribution >= 4 is 5.91 Å². The minimum absolute atomic E-state index is 0.0221. The molecule has 0 fully saturated rings. The first kappa shape index (κ1) is 10.2. The van der Waals surface area contributed by atoms with Crippen LogP contribution in [0.4, 0.5) is 0 Å². The van der Waals surface area contributed by atoms with Gasteiger partial charge in [0.05, 0.1) is 13.0 Å². The van der Waals surface area contributed by atoms with E-state index in [-0.39, 0.29) is 11.8 Å². The molecule has 1 aromatic rings. The third-order valence-electron chi connectivity index (χ3n) is 3.02. The lowest BCUT2D eigenvalue weighted by Crippen LogP contribution is -2.29. The lowest BCUT2D eigenvalue weighted by Gasteiger charge is -2.18. The third-order valence-corrected chi connectivity index (χ3v) is 3.02. The molecule has 1 unspecified atom stereocenters. The second-order valence-electron chi connectivity index (χ2n) is 3.81. The van der Waals surface area contributed by atoms with E-state index in [4.69, 9.17) is 4.84 Å². The SMILES string of the molecule is CON(C)C(=O)C1CCc2ccccc21. The minimum Gasteiger partial charge on any atom is -0.275 e. The van der Waals surface area contributed by atoms with E-state index in [2.05, 4.69) is 6.07 Å². The molecule has 1 aliphatic carbocycles. The summed E-state index contributed by atoms with van der Waals surface area (Å²) in [5.74, 6) is 0.0219. The number of likely N-dealkylation sites (N-methyl/N-ethyl adjacent to an activating group) is 1. The molecule has 2 rings (SSSR count). The number of fused-ring (bicyclic) bond motifs is 1. The Kier molecular flexibility index (Phi) is 2.73. The highest BCUT2D eigenvalue weighted by atomic mass is 16.7. The van der Waals surface area contributed by atoms with Gasteiger partial charge in [0.15, 0.2) is 0 Å². The molecule has 1 amide bonds. The first-order valence-corrected chi connectivity index (χ1v) is 5.13. The maximum absolute atomic E-state index is 11.9. The van der Waals surface area contributed by atoms with Crippen molar-refractivity contribution in [1.82, 2.24) is 5.06 Å². The van der Waals surface area contributed by atoms with Crippen LogP contribution in [0.2, 0.25) is 0 Å². The number of nitrogens with zero attached hydrogens (tertiary/aromatic N) is 1. The van der Waals surface area contributed by atoms with Crippen LogP contribution >= 0.6 is 0 Å². The summed E-state index contributed by atoms with van der Waals surface area (Å²) in [5.41, 5.74) is 2.45. The molecular weight excluding hydrogens is 190 g/mol. The zero-order valence-electron chi connectivity index (χ0n) is 9.06. The molecule has 1 atom stereocenters. The molecule has 0 N–H and O–H groups in total. The first-order chi connectivity index (χ1) is 7.24. The van der Waals surface area contributed by atoms with E-state index in [0.29, 0.717) is 0 Å². The monoisotopic (exact) mass is 205 g/mol. The number of hydrogen-bond donors (Lipinski definition) is 0. The fraction of sp³-hybridized carbons (Fsp3) is 0.417. The fourth-order valence-electron chi connectivity index (χ4n) is 2.12. The highest BCUT2D eigenvalue weighted by molar-refractivity contribution is 5.84. The molecule has 1 aliphatic rings. The summed E-state index contributed by atoms with van der Waals surface area (Å²) in [6.07, 6.45) is 1.88. The Labute approximate surface area is 89.6 Å². The molecule has 15 heavy (non-hydrogen) atoms. The number of rotatable bonds is 2. The van der Waals surface area contributed by atoms with Crippen LogP contribution in [-0.4, -0.2) is 25.1 Å². The molecular formula is C12H15NO2. The maximum Gasteiger partial charge on any atom is 0.253 e. The number of hydrogen-bond acceptors (Lipinski definition) is 2. The third kappa shape index (κ3) is 1.75. The smallest absolute Gasteiger partial charge is 0.253 e. The first-order valence-electron chi connectivity index (χ1n) is 5.13. The Balaban J connectivity index is 2.24. The summed E-state index contributed by atoms with van der Waals surface area (Å²) in [5, 5.41) is 1.31. The van der Waals surface area contributed by atoms with Gasteiger partial charge in [0.1, 0.15) is 0 Å². The van der Waals surface area contributed by atoms with Crippen molar-refractivity contribution in [3.8, 4) is 0 Å². The fourth-order valence-corrected chi connectivity index (χ4v) is 2.12. The highest BCUT2D eigenvalue weighted by Crippen LogP contribution is 2.33. The Morgan fingerprint density at radius 2 is 2.20 bits per heavy atom. The summed E-state index contributed by atoms with van der Waals surface area (Å²) in [6, 6.07) is 8.13. The van der Waals surface area contributed by atoms with Gasteiger partial charge in [-0.15, -0.1) is 0 Å². The van der Waals surface area contributed by atoms with E-state index in [1.54, 1.807) is 7.05 Å². The number of carbonyl (C=O) groups excluding carboxylic acids is 1. The summed E-state index contributed by atoms with van der Waals surface area (Å²) in [4.78, 5) is 16.9. The summed E-state index contributed by atoms with van der Waals surface area (Å²) >= 11 is 0. The lowest BCUT2D eigenvalue weighted by molar-refractivity contribution is -0.170. The second-order valence-corrected chi connectivity index (χ2v) is 3.81. The molecule has 80 valence electrons. The normalized spacial score (nSPS) is 18.7. The van der Waals surface area contributed by atoms with Crippen molar-refractivity contribution in [3.05, 3.63) is 35.4 Å². The van der Waals surface area contributed by atoms with Gasteiger partial charge in [0.2, 0.25) is 0 Å². The summed E-state index contributed by atoms with van der Waals surface area (Å²) in [7, 11) is 3.17. The van der Waals surface area contributed by atoms with Gasteiger partial charge in [-0.25, -0.2) is 5.06 Å². The van der Waals surface area contributed by atoms with E-state index < -0.39 is 0 Å². The van der Waals surface area contributed by atoms with Crippen molar-refractivity contribution in [1.29, 1.82) is 0 Å². The van der Waals surface area contributed by atoms with Gasteiger partial charge in [-0.2, -0.15) is 0 Å². The predicted molar refractivity (Wildman–Crippen MR) is 57.3 cm³/mol. The van der Waals surface area contributed by atoms with Crippen LogP contribution in [-0.2, 0) is 16.1 Å². The topological polar surface area (TPSA) is 29.5 Å². The average Bonchev–Trinajstić information content (AvgIpc) is 2.70. The molecule has 0 bridgehead atoms. The average molecular weight is 205 g/mol. The molecule has 0 saturated carbocycles. The molecule has 0 spiro atoms. The van der Waals surface area contributed by atoms with Crippen LogP contribution in [0.3, 0.4) is 0 Å². The van der Waals surface area contributed by atoms with Crippen molar-refractivity contribution in [3.63, 3.8) is 0 Å². The number of aryl methyl sites for hydroxylation is 1. The van der Waals surface area contributed by atoms with Gasteiger partial charge in [-0.1, -0.05) is 24.3 Å². The van der Waals surface area contributed by atoms with E-state index >= 15 is 0 Å². The molecule has 0 saturated heterocycles. The van der Waals surface area contributed by atoms with E-state index in [1.165, 1.54) is 17.7 Å². The van der Waals surface area contributed by atoms with Gasteiger partial charge in [0, 0.05) is 7.05 Å². The van der Waals surface area contributed by atoms with Crippen molar-refractivity contribution in [2.75, 3.05) is 14.2 Å². The Hall–Kier alpha value is -1.35. The van der Waals surface area contributed by atoms with E-state index in [9.17, 15) is 4.79 Å². The molecule has 0 aromatic heterocycles. The summed E-state index contributed by atoms with van der Waals surface area (Å²) in [6.45, 7) is 0. The van der Waals surface area contributed by atoms with Crippen LogP contribution in [0.15, 0.2) is 24.3 Å². The second kappa shape index (κ2) is 4.03. The maximum atomic E-state index is 11.9. The molecule has 0 aliphatic heterocycles. The Morgan fingerprint density at radius 3 is 2.93 bits per heavy atom. The number of hydroxylamine groups is 2. The zero-order valence-corrected chi connectivity index (χ0v) is 9.06. The van der Waals surface area contributed by atoms with Gasteiger partial charge < -0.3 is 0 Å². The van der Waals surface area contributed by atoms with Gasteiger partial charge in [-0.3, -0.25) is 9.63 Å². The highest BCUT2D eigenvalue weighted by Gasteiger charge is 2.30. The number of amides is 1. The predicted octanol–water partition coefficient (Wildman–Crippen LogP) is 1.74. The lowest BCUT2D eigenvalue weighted by atomic mass is 10.0. The molecule has 3 nitrogen and oxygen atoms in total. The van der Waals surface area contributed by atoms with Crippen molar-refractivity contribution < 1.29 is 9.63 Å². The zero-order chi connectivity index (χ0) is 10.8. The quantitative estimate of drug-likeness (QED) is 0.688. The number of benzene rings is 1. The summed E-state index contributed by atoms with van der Waals surface area (Å²) < 4.78 is 0.